The summed E-state index contributed by atoms with van der Waals surface area (Å²) in [7, 11) is 0. The first-order valence-electron chi connectivity index (χ1n) is 1.34. The van der Waals surface area contributed by atoms with E-state index in [0.717, 1.165) is 18.0 Å². The van der Waals surface area contributed by atoms with Crippen molar-refractivity contribution in [1.82, 2.24) is 0 Å². The van der Waals surface area contributed by atoms with Gasteiger partial charge in [-0.3, -0.25) is 0 Å². The zero-order valence-corrected chi connectivity index (χ0v) is 7.10. The van der Waals surface area contributed by atoms with Crippen molar-refractivity contribution in [2.45, 2.75) is 0 Å². The predicted octanol–water partition coefficient (Wildman–Crippen LogP) is 0.892. The van der Waals surface area contributed by atoms with E-state index in [4.69, 9.17) is 32.5 Å². The van der Waals surface area contributed by atoms with Gasteiger partial charge in [-0.1, -0.05) is 0 Å². The van der Waals surface area contributed by atoms with Gasteiger partial charge in [0.25, 0.3) is 0 Å². The Hall–Kier alpha value is -0.821. The molecule has 0 amide bonds. The van der Waals surface area contributed by atoms with E-state index in [9.17, 15) is 0 Å². The van der Waals surface area contributed by atoms with Crippen molar-refractivity contribution in [2.24, 2.45) is 0 Å². The summed E-state index contributed by atoms with van der Waals surface area (Å²) in [5.41, 5.74) is 0. The molecule has 11 heavy (non-hydrogen) atoms. The fraction of sp³-hybridized carbons (Fsp3) is 0. The van der Waals surface area contributed by atoms with Crippen molar-refractivity contribution in [3.8, 4) is 0 Å². The summed E-state index contributed by atoms with van der Waals surface area (Å²) in [6, 6.07) is 2.25. The Bertz CT molecular complexity index is 107. The van der Waals surface area contributed by atoms with Crippen LogP contribution in [-0.4, -0.2) is 18.0 Å². The Kier molecular flexibility index (Phi) is 376. The first kappa shape index (κ1) is 32.0. The first-order chi connectivity index (χ1) is 4.24. The molecule has 8 heteroatoms. The third-order valence-electron chi connectivity index (χ3n) is 0. The molecule has 0 aliphatic rings. The van der Waals surface area contributed by atoms with Gasteiger partial charge in [0.05, 0.1) is 0 Å². The molecule has 0 aliphatic carbocycles. The average Bonchev–Trinajstić information content (AvgIpc) is 1.70. The maximum atomic E-state index is 6.88. The maximum Gasteiger partial charge on any atom is 3.00 e. The third-order valence-corrected chi connectivity index (χ3v) is 0. The Balaban J connectivity index is -0.0000000150. The molecule has 0 aliphatic heterocycles. The number of rotatable bonds is 0. The average molecular weight is 232 g/mol. The molecule has 0 unspecified atom stereocenters. The minimum absolute atomic E-state index is 0. The molecule has 0 atom stereocenters. The minimum Gasteiger partial charge on any atom is -0.786 e. The van der Waals surface area contributed by atoms with Gasteiger partial charge in [0.2, 0.25) is 0 Å². The van der Waals surface area contributed by atoms with Crippen LogP contribution in [0.2, 0.25) is 0 Å². The molecule has 0 bridgehead atoms. The van der Waals surface area contributed by atoms with Crippen LogP contribution >= 0.6 is 0 Å². The van der Waals surface area contributed by atoms with Gasteiger partial charge in [-0.2, -0.15) is 0 Å². The Morgan fingerprint density at radius 3 is 0.455 bits per heavy atom. The van der Waals surface area contributed by atoms with Crippen molar-refractivity contribution >= 4 is 18.0 Å². The standard InChI is InChI=1S/3CN2.2Fe/c3*2-1-3;;/q3*-2;2*+3. The van der Waals surface area contributed by atoms with Gasteiger partial charge in [0, 0.05) is 0 Å². The van der Waals surface area contributed by atoms with E-state index < -0.39 is 0 Å². The topological polar surface area (TPSA) is 134 Å². The van der Waals surface area contributed by atoms with Crippen LogP contribution in [0, 0.1) is 0 Å². The Labute approximate surface area is 84.8 Å². The van der Waals surface area contributed by atoms with Crippen molar-refractivity contribution in [3.05, 3.63) is 32.5 Å². The quantitative estimate of drug-likeness (QED) is 0.433. The number of nitrogens with zero attached hydrogens (tertiary/aromatic N) is 6. The van der Waals surface area contributed by atoms with Crippen LogP contribution in [0.25, 0.3) is 32.5 Å². The van der Waals surface area contributed by atoms with Crippen LogP contribution < -0.4 is 0 Å². The van der Waals surface area contributed by atoms with E-state index in [1.807, 2.05) is 0 Å². The molecule has 0 saturated carbocycles. The van der Waals surface area contributed by atoms with Crippen molar-refractivity contribution in [2.75, 3.05) is 0 Å². The van der Waals surface area contributed by atoms with Gasteiger partial charge >= 0.3 is 34.1 Å². The fourth-order valence-corrected chi connectivity index (χ4v) is 0. The van der Waals surface area contributed by atoms with E-state index in [0.29, 0.717) is 0 Å². The summed E-state index contributed by atoms with van der Waals surface area (Å²) in [6.07, 6.45) is 0. The molecule has 0 saturated heterocycles. The maximum absolute atomic E-state index is 6.88. The van der Waals surface area contributed by atoms with Crippen LogP contribution in [0.1, 0.15) is 0 Å². The summed E-state index contributed by atoms with van der Waals surface area (Å²) in [5.74, 6) is 0. The zero-order valence-electron chi connectivity index (χ0n) is 4.89. The normalized spacial score (nSPS) is 2.18. The summed E-state index contributed by atoms with van der Waals surface area (Å²) in [4.78, 5) is 0. The second-order valence-electron chi connectivity index (χ2n) is 0.300. The monoisotopic (exact) mass is 232 g/mol. The molecule has 0 heterocycles. The largest absolute Gasteiger partial charge is 3.00 e. The van der Waals surface area contributed by atoms with Crippen LogP contribution in [0.15, 0.2) is 0 Å². The van der Waals surface area contributed by atoms with Gasteiger partial charge in [-0.15, -0.1) is 0 Å². The number of hydrogen-bond donors (Lipinski definition) is 0. The Morgan fingerprint density at radius 1 is 0.455 bits per heavy atom. The second-order valence-corrected chi connectivity index (χ2v) is 0.300. The second kappa shape index (κ2) is 129. The van der Waals surface area contributed by atoms with Gasteiger partial charge in [0.1, 0.15) is 0 Å². The van der Waals surface area contributed by atoms with Crippen LogP contribution in [0.5, 0.6) is 0 Å². The first-order valence-corrected chi connectivity index (χ1v) is 1.34. The van der Waals surface area contributed by atoms with Crippen LogP contribution in [-0.2, 0) is 34.1 Å². The molecular weight excluding hydrogens is 232 g/mol. The van der Waals surface area contributed by atoms with Gasteiger partial charge in [0.15, 0.2) is 0 Å². The van der Waals surface area contributed by atoms with Crippen molar-refractivity contribution in [3.63, 3.8) is 0 Å². The third kappa shape index (κ3) is 702. The fourth-order valence-electron chi connectivity index (χ4n) is 0. The van der Waals surface area contributed by atoms with Crippen LogP contribution in [0.4, 0.5) is 0 Å². The van der Waals surface area contributed by atoms with E-state index in [2.05, 4.69) is 0 Å². The van der Waals surface area contributed by atoms with Gasteiger partial charge < -0.3 is 50.5 Å². The van der Waals surface area contributed by atoms with Crippen molar-refractivity contribution < 1.29 is 34.1 Å². The van der Waals surface area contributed by atoms with E-state index in [1.165, 1.54) is 0 Å². The molecule has 58 valence electrons. The molecule has 0 N–H and O–H groups in total. The van der Waals surface area contributed by atoms with E-state index in [-0.39, 0.29) is 34.1 Å². The summed E-state index contributed by atoms with van der Waals surface area (Å²) >= 11 is 0. The smallest absolute Gasteiger partial charge is 0.786 e. The van der Waals surface area contributed by atoms with E-state index >= 15 is 0 Å². The summed E-state index contributed by atoms with van der Waals surface area (Å²) < 4.78 is 0. The number of hydrogen-bond acceptors (Lipinski definition) is 0. The van der Waals surface area contributed by atoms with Gasteiger partial charge in [-0.25, -0.2) is 0 Å². The predicted molar refractivity (Wildman–Crippen MR) is 35.2 cm³/mol. The van der Waals surface area contributed by atoms with Gasteiger partial charge in [-0.05, 0) is 0 Å². The molecule has 2 radical (unpaired) electrons. The molecule has 0 rings (SSSR count). The van der Waals surface area contributed by atoms with Crippen LogP contribution in [0.3, 0.4) is 0 Å². The molecule has 0 aromatic rings. The summed E-state index contributed by atoms with van der Waals surface area (Å²) in [6.45, 7) is 0. The molecule has 0 aromatic carbocycles. The molecule has 0 aromatic heterocycles. The minimum atomic E-state index is 0. The summed E-state index contributed by atoms with van der Waals surface area (Å²) in [5, 5.41) is 41.2. The van der Waals surface area contributed by atoms with Crippen molar-refractivity contribution in [1.29, 1.82) is 0 Å². The zero-order chi connectivity index (χ0) is 8.12. The molecule has 0 spiro atoms. The SMILES string of the molecule is [Fe+3].[Fe+3].[N-]=C=[N-].[N-]=C=[N-].[N-]=C=[N-]. The van der Waals surface area contributed by atoms with E-state index in [1.54, 1.807) is 0 Å². The molecule has 0 fully saturated rings. The molecular formula is C3Fe2N6. The Morgan fingerprint density at radius 2 is 0.455 bits per heavy atom. The molecule has 6 nitrogen and oxygen atoms in total.